The van der Waals surface area contributed by atoms with Crippen LogP contribution in [0.3, 0.4) is 0 Å². The van der Waals surface area contributed by atoms with Crippen LogP contribution in [-0.4, -0.2) is 67.7 Å². The van der Waals surface area contributed by atoms with Crippen molar-refractivity contribution in [1.82, 2.24) is 14.8 Å². The molecule has 1 aliphatic rings. The van der Waals surface area contributed by atoms with Gasteiger partial charge in [0.1, 0.15) is 18.1 Å². The summed E-state index contributed by atoms with van der Waals surface area (Å²) in [7, 11) is 3.09. The van der Waals surface area contributed by atoms with E-state index >= 15 is 0 Å². The smallest absolute Gasteiger partial charge is 0.246 e. The maximum atomic E-state index is 13.2. The van der Waals surface area contributed by atoms with E-state index in [1.54, 1.807) is 62.9 Å². The first-order valence-corrected chi connectivity index (χ1v) is 18.8. The summed E-state index contributed by atoms with van der Waals surface area (Å²) in [5.74, 6) is 3.39. The molecule has 2 heterocycles. The molecular weight excluding hydrogens is 705 g/mol. The molecule has 0 aliphatic carbocycles. The Labute approximate surface area is 329 Å². The zero-order valence-electron chi connectivity index (χ0n) is 32.4. The summed E-state index contributed by atoms with van der Waals surface area (Å²) < 4.78 is 29.2. The van der Waals surface area contributed by atoms with Gasteiger partial charge in [0.05, 0.1) is 38.7 Å². The third-order valence-corrected chi connectivity index (χ3v) is 9.65. The molecule has 1 aromatic heterocycles. The number of piperazine rings is 1. The number of nitrogens with zero attached hydrogens (tertiary/aromatic N) is 4. The van der Waals surface area contributed by atoms with E-state index in [0.717, 1.165) is 42.9 Å². The summed E-state index contributed by atoms with van der Waals surface area (Å²) in [6, 6.07) is 33.5. The first-order chi connectivity index (χ1) is 27.3. The lowest BCUT2D eigenvalue weighted by atomic mass is 10.0. The van der Waals surface area contributed by atoms with Gasteiger partial charge >= 0.3 is 0 Å². The monoisotopic (exact) mass is 752 g/mol. The lowest BCUT2D eigenvalue weighted by molar-refractivity contribution is -0.127. The van der Waals surface area contributed by atoms with Crippen molar-refractivity contribution in [3.05, 3.63) is 143 Å². The van der Waals surface area contributed by atoms with Crippen molar-refractivity contribution in [2.45, 2.75) is 39.3 Å². The highest BCUT2D eigenvalue weighted by molar-refractivity contribution is 5.92. The average molecular weight is 753 g/mol. The highest BCUT2D eigenvalue weighted by Gasteiger charge is 2.20. The van der Waals surface area contributed by atoms with Crippen LogP contribution in [0.2, 0.25) is 0 Å². The minimum absolute atomic E-state index is 0.0481. The second kappa shape index (κ2) is 19.3. The van der Waals surface area contributed by atoms with Crippen LogP contribution < -0.4 is 23.7 Å². The van der Waals surface area contributed by atoms with Crippen LogP contribution in [-0.2, 0) is 24.4 Å². The molecular formula is C46H48N4O6. The van der Waals surface area contributed by atoms with Crippen LogP contribution in [0.4, 0.5) is 0 Å². The fourth-order valence-corrected chi connectivity index (χ4v) is 6.35. The van der Waals surface area contributed by atoms with Crippen molar-refractivity contribution < 1.29 is 28.5 Å². The number of aromatic nitrogens is 1. The summed E-state index contributed by atoms with van der Waals surface area (Å²) in [5, 5.41) is 9.32. The van der Waals surface area contributed by atoms with Gasteiger partial charge in [0, 0.05) is 56.9 Å². The number of carbonyl (C=O) groups excluding carboxylic acids is 1. The first-order valence-electron chi connectivity index (χ1n) is 18.8. The molecule has 1 fully saturated rings. The molecule has 1 amide bonds. The summed E-state index contributed by atoms with van der Waals surface area (Å²) in [6.07, 6.45) is 5.75. The fourth-order valence-electron chi connectivity index (χ4n) is 6.35. The Hall–Kier alpha value is -6.31. The molecule has 0 unspecified atom stereocenters. The number of amides is 1. The van der Waals surface area contributed by atoms with Gasteiger partial charge < -0.3 is 28.6 Å². The summed E-state index contributed by atoms with van der Waals surface area (Å²) in [5.41, 5.74) is 5.87. The second-order valence-electron chi connectivity index (χ2n) is 13.8. The van der Waals surface area contributed by atoms with Gasteiger partial charge in [0.2, 0.25) is 17.5 Å². The topological polar surface area (TPSA) is 106 Å². The molecule has 1 aliphatic heterocycles. The van der Waals surface area contributed by atoms with Crippen molar-refractivity contribution in [3.63, 3.8) is 0 Å². The minimum Gasteiger partial charge on any atom is -0.493 e. The van der Waals surface area contributed by atoms with E-state index in [-0.39, 0.29) is 12.5 Å². The van der Waals surface area contributed by atoms with Crippen molar-refractivity contribution in [2.24, 2.45) is 0 Å². The third kappa shape index (κ3) is 10.7. The van der Waals surface area contributed by atoms with Crippen LogP contribution >= 0.6 is 0 Å². The van der Waals surface area contributed by atoms with Crippen LogP contribution in [0.5, 0.6) is 34.6 Å². The van der Waals surface area contributed by atoms with Crippen molar-refractivity contribution in [3.8, 4) is 40.7 Å². The Bertz CT molecular complexity index is 2110. The molecule has 0 spiro atoms. The lowest BCUT2D eigenvalue weighted by Gasteiger charge is -2.34. The maximum Gasteiger partial charge on any atom is 0.246 e. The van der Waals surface area contributed by atoms with Gasteiger partial charge in [-0.1, -0.05) is 68.4 Å². The molecule has 4 aromatic carbocycles. The molecule has 288 valence electrons. The van der Waals surface area contributed by atoms with E-state index in [9.17, 15) is 10.1 Å². The second-order valence-corrected chi connectivity index (χ2v) is 13.8. The van der Waals surface area contributed by atoms with E-state index < -0.39 is 0 Å². The van der Waals surface area contributed by atoms with Crippen LogP contribution in [0.15, 0.2) is 109 Å². The Morgan fingerprint density at radius 2 is 1.57 bits per heavy atom. The molecule has 6 rings (SSSR count). The number of ether oxygens (including phenoxy) is 5. The maximum absolute atomic E-state index is 13.2. The molecule has 0 saturated carbocycles. The Kier molecular flexibility index (Phi) is 13.6. The Morgan fingerprint density at radius 3 is 2.25 bits per heavy atom. The van der Waals surface area contributed by atoms with Gasteiger partial charge in [0.25, 0.3) is 0 Å². The number of hydrogen-bond donors (Lipinski definition) is 0. The van der Waals surface area contributed by atoms with Gasteiger partial charge in [0.15, 0.2) is 11.5 Å². The summed E-state index contributed by atoms with van der Waals surface area (Å²) >= 11 is 0. The first kappa shape index (κ1) is 39.4. The number of pyridine rings is 1. The van der Waals surface area contributed by atoms with Crippen molar-refractivity contribution >= 4 is 12.0 Å². The summed E-state index contributed by atoms with van der Waals surface area (Å²) in [4.78, 5) is 21.8. The molecule has 1 saturated heterocycles. The highest BCUT2D eigenvalue weighted by Crippen LogP contribution is 2.41. The molecule has 56 heavy (non-hydrogen) atoms. The van der Waals surface area contributed by atoms with Gasteiger partial charge in [-0.2, -0.15) is 5.26 Å². The molecule has 5 aromatic rings. The number of benzene rings is 4. The van der Waals surface area contributed by atoms with Crippen LogP contribution in [0.25, 0.3) is 6.08 Å². The zero-order valence-corrected chi connectivity index (χ0v) is 32.4. The predicted octanol–water partition coefficient (Wildman–Crippen LogP) is 8.44. The quantitative estimate of drug-likeness (QED) is 0.0919. The Morgan fingerprint density at radius 1 is 0.839 bits per heavy atom. The number of rotatable bonds is 16. The number of methoxy groups -OCH3 is 2. The molecule has 10 heteroatoms. The van der Waals surface area contributed by atoms with E-state index in [1.807, 2.05) is 29.2 Å². The predicted molar refractivity (Wildman–Crippen MR) is 216 cm³/mol. The normalized spacial score (nSPS) is 13.0. The fraction of sp³-hybridized carbons (Fsp3) is 0.283. The van der Waals surface area contributed by atoms with Crippen LogP contribution in [0.1, 0.15) is 53.1 Å². The van der Waals surface area contributed by atoms with Gasteiger partial charge in [-0.25, -0.2) is 4.98 Å². The zero-order chi connectivity index (χ0) is 39.3. The number of nitriles is 1. The average Bonchev–Trinajstić information content (AvgIpc) is 3.23. The molecule has 0 N–H and O–H groups in total. The standard InChI is InChI=1S/C46H48N4O6/c1-33(2)37-10-7-11-40(28-37)54-25-20-34-12-14-35(15-13-34)31-49-21-23-50(24-22-49)45(51)19-16-36-26-42(52-3)46(43(27-36)53-4)56-44-18-17-41(30-48-44)55-32-39-9-6-5-8-38(39)29-47/h5-19,26-28,30,33H,20-25,31-32H2,1-4H3/b19-16+. The van der Waals surface area contributed by atoms with E-state index in [1.165, 1.54) is 16.7 Å². The summed E-state index contributed by atoms with van der Waals surface area (Å²) in [6.45, 7) is 9.00. The highest BCUT2D eigenvalue weighted by atomic mass is 16.5. The van der Waals surface area contributed by atoms with Crippen LogP contribution in [0, 0.1) is 11.3 Å². The number of hydrogen-bond acceptors (Lipinski definition) is 9. The minimum atomic E-state index is -0.0481. The van der Waals surface area contributed by atoms with E-state index in [2.05, 4.69) is 72.3 Å². The van der Waals surface area contributed by atoms with E-state index in [4.69, 9.17) is 23.7 Å². The molecule has 10 nitrogen and oxygen atoms in total. The molecule has 0 radical (unpaired) electrons. The van der Waals surface area contributed by atoms with Crippen molar-refractivity contribution in [1.29, 1.82) is 5.26 Å². The SMILES string of the molecule is COc1cc(/C=C/C(=O)N2CCN(Cc3ccc(CCOc4cccc(C(C)C)c4)cc3)CC2)cc(OC)c1Oc1ccc(OCc2ccccc2C#N)cn1. The van der Waals surface area contributed by atoms with Gasteiger partial charge in [-0.3, -0.25) is 9.69 Å². The van der Waals surface area contributed by atoms with Crippen molar-refractivity contribution in [2.75, 3.05) is 47.0 Å². The van der Waals surface area contributed by atoms with E-state index in [0.29, 0.717) is 60.1 Å². The van der Waals surface area contributed by atoms with Gasteiger partial charge in [-0.15, -0.1) is 0 Å². The van der Waals surface area contributed by atoms with Gasteiger partial charge in [-0.05, 0) is 70.6 Å². The third-order valence-electron chi connectivity index (χ3n) is 9.65. The Balaban J connectivity index is 0.966. The molecule has 0 bridgehead atoms. The lowest BCUT2D eigenvalue weighted by Crippen LogP contribution is -2.47. The largest absolute Gasteiger partial charge is 0.493 e. The number of carbonyl (C=O) groups is 1. The molecule has 0 atom stereocenters.